The van der Waals surface area contributed by atoms with E-state index in [2.05, 4.69) is 5.32 Å². The van der Waals surface area contributed by atoms with Crippen LogP contribution in [0.4, 0.5) is 13.2 Å². The lowest BCUT2D eigenvalue weighted by molar-refractivity contribution is -0.137. The molecule has 2 aromatic rings. The van der Waals surface area contributed by atoms with E-state index in [0.29, 0.717) is 5.02 Å². The Balaban J connectivity index is 2.16. The molecule has 2 aromatic carbocycles. The molecule has 0 spiro atoms. The van der Waals surface area contributed by atoms with Gasteiger partial charge < -0.3 is 5.32 Å². The molecule has 122 valence electrons. The largest absolute Gasteiger partial charge is 0.416 e. The van der Waals surface area contributed by atoms with E-state index in [1.165, 1.54) is 0 Å². The van der Waals surface area contributed by atoms with Crippen molar-refractivity contribution in [1.29, 1.82) is 0 Å². The van der Waals surface area contributed by atoms with E-state index in [1.54, 1.807) is 38.1 Å². The van der Waals surface area contributed by atoms with Gasteiger partial charge in [-0.05, 0) is 55.8 Å². The summed E-state index contributed by atoms with van der Waals surface area (Å²) in [4.78, 5) is 12.2. The summed E-state index contributed by atoms with van der Waals surface area (Å²) in [5.74, 6) is -0.446. The molecule has 2 nitrogen and oxygen atoms in total. The monoisotopic (exact) mass is 341 g/mol. The van der Waals surface area contributed by atoms with Crippen molar-refractivity contribution in [3.8, 4) is 0 Å². The second-order valence-corrected chi connectivity index (χ2v) is 6.10. The number of hydrogen-bond acceptors (Lipinski definition) is 1. The zero-order chi connectivity index (χ0) is 17.3. The Bertz CT molecular complexity index is 691. The summed E-state index contributed by atoms with van der Waals surface area (Å²) in [6, 6.07) is 11.1. The van der Waals surface area contributed by atoms with Gasteiger partial charge in [0.1, 0.15) is 0 Å². The van der Waals surface area contributed by atoms with E-state index >= 15 is 0 Å². The average molecular weight is 342 g/mol. The molecule has 0 saturated carbocycles. The number of nitrogens with one attached hydrogen (secondary N) is 1. The van der Waals surface area contributed by atoms with E-state index < -0.39 is 23.2 Å². The zero-order valence-corrected chi connectivity index (χ0v) is 13.3. The summed E-state index contributed by atoms with van der Waals surface area (Å²) in [6.45, 7) is 3.61. The normalized spacial score (nSPS) is 12.1. The second-order valence-electron chi connectivity index (χ2n) is 5.66. The van der Waals surface area contributed by atoms with Crippen molar-refractivity contribution in [3.05, 3.63) is 70.2 Å². The summed E-state index contributed by atoms with van der Waals surface area (Å²) >= 11 is 5.84. The predicted molar refractivity (Wildman–Crippen MR) is 83.4 cm³/mol. The van der Waals surface area contributed by atoms with Gasteiger partial charge >= 0.3 is 6.18 Å². The van der Waals surface area contributed by atoms with Gasteiger partial charge in [-0.3, -0.25) is 4.79 Å². The summed E-state index contributed by atoms with van der Waals surface area (Å²) in [7, 11) is 0. The minimum atomic E-state index is -4.42. The fourth-order valence-corrected chi connectivity index (χ4v) is 2.23. The molecule has 0 bridgehead atoms. The highest BCUT2D eigenvalue weighted by Crippen LogP contribution is 2.29. The van der Waals surface area contributed by atoms with Crippen LogP contribution >= 0.6 is 11.6 Å². The van der Waals surface area contributed by atoms with Crippen LogP contribution in [0.5, 0.6) is 0 Å². The van der Waals surface area contributed by atoms with Crippen LogP contribution in [0.2, 0.25) is 5.02 Å². The first-order valence-corrected chi connectivity index (χ1v) is 7.23. The minimum absolute atomic E-state index is 0.167. The number of rotatable bonds is 3. The van der Waals surface area contributed by atoms with Crippen LogP contribution in [0.1, 0.15) is 35.3 Å². The van der Waals surface area contributed by atoms with E-state index in [-0.39, 0.29) is 5.56 Å². The van der Waals surface area contributed by atoms with E-state index in [1.807, 2.05) is 0 Å². The molecule has 0 fully saturated rings. The lowest BCUT2D eigenvalue weighted by atomic mass is 9.94. The molecule has 0 aliphatic carbocycles. The van der Waals surface area contributed by atoms with E-state index in [9.17, 15) is 18.0 Å². The number of halogens is 4. The molecule has 1 N–H and O–H groups in total. The third kappa shape index (κ3) is 4.26. The number of hydrogen-bond donors (Lipinski definition) is 1. The maximum atomic E-state index is 12.5. The van der Waals surface area contributed by atoms with Gasteiger partial charge in [-0.2, -0.15) is 13.2 Å². The Morgan fingerprint density at radius 1 is 0.913 bits per heavy atom. The number of amides is 1. The van der Waals surface area contributed by atoms with Crippen LogP contribution in [0.25, 0.3) is 0 Å². The Hall–Kier alpha value is -2.01. The zero-order valence-electron chi connectivity index (χ0n) is 12.5. The van der Waals surface area contributed by atoms with Gasteiger partial charge in [-0.1, -0.05) is 23.7 Å². The SMILES string of the molecule is CC(C)(NC(=O)c1ccc(C(F)(F)F)cc1)c1ccc(Cl)cc1. The van der Waals surface area contributed by atoms with Gasteiger partial charge in [0, 0.05) is 10.6 Å². The van der Waals surface area contributed by atoms with Crippen molar-refractivity contribution in [3.63, 3.8) is 0 Å². The lowest BCUT2D eigenvalue weighted by Crippen LogP contribution is -2.41. The summed E-state index contributed by atoms with van der Waals surface area (Å²) < 4.78 is 37.6. The van der Waals surface area contributed by atoms with E-state index in [4.69, 9.17) is 11.6 Å². The first kappa shape index (κ1) is 17.3. The molecule has 0 heterocycles. The quantitative estimate of drug-likeness (QED) is 0.834. The fourth-order valence-electron chi connectivity index (χ4n) is 2.11. The summed E-state index contributed by atoms with van der Waals surface area (Å²) in [5.41, 5.74) is -0.474. The third-order valence-corrected chi connectivity index (χ3v) is 3.72. The highest BCUT2D eigenvalue weighted by Gasteiger charge is 2.30. The van der Waals surface area contributed by atoms with Gasteiger partial charge in [0.25, 0.3) is 5.91 Å². The van der Waals surface area contributed by atoms with E-state index in [0.717, 1.165) is 29.8 Å². The third-order valence-electron chi connectivity index (χ3n) is 3.47. The first-order chi connectivity index (χ1) is 10.6. The molecule has 1 amide bonds. The molecule has 0 unspecified atom stereocenters. The Kier molecular flexibility index (Phi) is 4.71. The van der Waals surface area contributed by atoms with Crippen LogP contribution in [0.3, 0.4) is 0 Å². The number of carbonyl (C=O) groups is 1. The first-order valence-electron chi connectivity index (χ1n) is 6.85. The van der Waals surface area contributed by atoms with Crippen LogP contribution in [0.15, 0.2) is 48.5 Å². The van der Waals surface area contributed by atoms with Crippen LogP contribution in [-0.4, -0.2) is 5.91 Å². The van der Waals surface area contributed by atoms with Crippen molar-refractivity contribution in [1.82, 2.24) is 5.32 Å². The van der Waals surface area contributed by atoms with Crippen LogP contribution in [-0.2, 0) is 11.7 Å². The highest BCUT2D eigenvalue weighted by atomic mass is 35.5. The smallest absolute Gasteiger partial charge is 0.343 e. The molecule has 0 aromatic heterocycles. The van der Waals surface area contributed by atoms with Gasteiger partial charge in [-0.15, -0.1) is 0 Å². The molecule has 0 atom stereocenters. The minimum Gasteiger partial charge on any atom is -0.343 e. The van der Waals surface area contributed by atoms with Crippen molar-refractivity contribution < 1.29 is 18.0 Å². The Morgan fingerprint density at radius 2 is 1.39 bits per heavy atom. The molecule has 2 rings (SSSR count). The molecule has 0 saturated heterocycles. The van der Waals surface area contributed by atoms with Crippen LogP contribution < -0.4 is 5.32 Å². The van der Waals surface area contributed by atoms with Gasteiger partial charge in [0.15, 0.2) is 0 Å². The average Bonchev–Trinajstić information content (AvgIpc) is 2.46. The Labute approximate surface area is 137 Å². The summed E-state index contributed by atoms with van der Waals surface area (Å²) in [6.07, 6.45) is -4.42. The summed E-state index contributed by atoms with van der Waals surface area (Å²) in [5, 5.41) is 3.39. The lowest BCUT2D eigenvalue weighted by Gasteiger charge is -2.27. The molecule has 23 heavy (non-hydrogen) atoms. The van der Waals surface area contributed by atoms with Gasteiger partial charge in [0.2, 0.25) is 0 Å². The fraction of sp³-hybridized carbons (Fsp3) is 0.235. The maximum Gasteiger partial charge on any atom is 0.416 e. The van der Waals surface area contributed by atoms with Crippen molar-refractivity contribution in [2.45, 2.75) is 25.6 Å². The Morgan fingerprint density at radius 3 is 1.87 bits per heavy atom. The molecular weight excluding hydrogens is 327 g/mol. The van der Waals surface area contributed by atoms with Gasteiger partial charge in [-0.25, -0.2) is 0 Å². The van der Waals surface area contributed by atoms with Crippen molar-refractivity contribution in [2.24, 2.45) is 0 Å². The van der Waals surface area contributed by atoms with Crippen LogP contribution in [0, 0.1) is 0 Å². The molecular formula is C17H15ClF3NO. The highest BCUT2D eigenvalue weighted by molar-refractivity contribution is 6.30. The molecule has 6 heteroatoms. The molecule has 0 aliphatic rings. The second kappa shape index (κ2) is 6.24. The topological polar surface area (TPSA) is 29.1 Å². The van der Waals surface area contributed by atoms with Gasteiger partial charge in [0.05, 0.1) is 11.1 Å². The molecule has 0 radical (unpaired) electrons. The maximum absolute atomic E-state index is 12.5. The van der Waals surface area contributed by atoms with Crippen molar-refractivity contribution >= 4 is 17.5 Å². The van der Waals surface area contributed by atoms with Crippen molar-refractivity contribution in [2.75, 3.05) is 0 Å². The number of carbonyl (C=O) groups excluding carboxylic acids is 1. The predicted octanol–water partition coefficient (Wildman–Crippen LogP) is 5.02. The molecule has 0 aliphatic heterocycles. The standard InChI is InChI=1S/C17H15ClF3NO/c1-16(2,12-7-9-14(18)10-8-12)22-15(23)11-3-5-13(6-4-11)17(19,20)21/h3-10H,1-2H3,(H,22,23). The number of benzene rings is 2. The number of alkyl halides is 3.